The Hall–Kier alpha value is -2.08. The Balaban J connectivity index is 1.99. The Bertz CT molecular complexity index is 745. The van der Waals surface area contributed by atoms with E-state index in [1.807, 2.05) is 50.4 Å². The highest BCUT2D eigenvalue weighted by Gasteiger charge is 2.34. The van der Waals surface area contributed by atoms with Crippen molar-refractivity contribution in [3.8, 4) is 0 Å². The maximum atomic E-state index is 13.0. The molecule has 3 rings (SSSR count). The van der Waals surface area contributed by atoms with E-state index in [2.05, 4.69) is 5.10 Å². The molecule has 1 saturated heterocycles. The van der Waals surface area contributed by atoms with Crippen LogP contribution in [-0.2, 0) is 11.8 Å². The summed E-state index contributed by atoms with van der Waals surface area (Å²) in [6.45, 7) is 9.31. The summed E-state index contributed by atoms with van der Waals surface area (Å²) in [6, 6.07) is 1.70. The van der Waals surface area contributed by atoms with Crippen LogP contribution in [-0.4, -0.2) is 40.3 Å². The molecule has 0 spiro atoms. The molecular weight excluding hydrogens is 294 g/mol. The molecule has 1 atom stereocenters. The van der Waals surface area contributed by atoms with Gasteiger partial charge >= 0.3 is 0 Å². The van der Waals surface area contributed by atoms with E-state index in [0.717, 1.165) is 22.7 Å². The van der Waals surface area contributed by atoms with Crippen LogP contribution in [0.3, 0.4) is 0 Å². The molecule has 2 aromatic rings. The van der Waals surface area contributed by atoms with Gasteiger partial charge in [-0.2, -0.15) is 5.10 Å². The first kappa shape index (κ1) is 15.8. The van der Waals surface area contributed by atoms with Crippen LogP contribution >= 0.6 is 0 Å². The van der Waals surface area contributed by atoms with Gasteiger partial charge in [-0.15, -0.1) is 0 Å². The summed E-state index contributed by atoms with van der Waals surface area (Å²) in [5.74, 6) is 1.41. The maximum Gasteiger partial charge on any atom is 0.258 e. The molecule has 6 nitrogen and oxygen atoms in total. The topological polar surface area (TPSA) is 60.5 Å². The minimum atomic E-state index is -0.112. The number of ether oxygens (including phenoxy) is 1. The van der Waals surface area contributed by atoms with Crippen molar-refractivity contribution in [3.63, 3.8) is 0 Å². The van der Waals surface area contributed by atoms with Gasteiger partial charge in [0.2, 0.25) is 0 Å². The van der Waals surface area contributed by atoms with Crippen LogP contribution in [0.4, 0.5) is 0 Å². The average molecular weight is 317 g/mol. The zero-order valence-corrected chi connectivity index (χ0v) is 14.3. The van der Waals surface area contributed by atoms with Crippen molar-refractivity contribution in [1.29, 1.82) is 0 Å². The summed E-state index contributed by atoms with van der Waals surface area (Å²) in [6.07, 6.45) is 0. The van der Waals surface area contributed by atoms with E-state index >= 15 is 0 Å². The standard InChI is InChI=1S/C17H23N3O3/c1-10-8-14(13(4)23-10)17(21)20-6-7-22-9-15(20)16-11(2)18-19(5)12(16)3/h8,15H,6-7,9H2,1-5H3/t15-/m1/s1. The van der Waals surface area contributed by atoms with Gasteiger partial charge in [-0.25, -0.2) is 0 Å². The van der Waals surface area contributed by atoms with Crippen molar-refractivity contribution < 1.29 is 13.9 Å². The molecule has 1 fully saturated rings. The lowest BCUT2D eigenvalue weighted by Crippen LogP contribution is -2.43. The van der Waals surface area contributed by atoms with Gasteiger partial charge in [0.15, 0.2) is 0 Å². The molecule has 0 saturated carbocycles. The van der Waals surface area contributed by atoms with E-state index in [0.29, 0.717) is 31.1 Å². The SMILES string of the molecule is Cc1cc(C(=O)N2CCOC[C@@H]2c2c(C)nn(C)c2C)c(C)o1. The molecule has 0 bridgehead atoms. The van der Waals surface area contributed by atoms with E-state index in [1.165, 1.54) is 0 Å². The van der Waals surface area contributed by atoms with Gasteiger partial charge in [0.25, 0.3) is 5.91 Å². The van der Waals surface area contributed by atoms with Crippen LogP contribution in [0.2, 0.25) is 0 Å². The number of carbonyl (C=O) groups is 1. The first-order valence-electron chi connectivity index (χ1n) is 7.86. The van der Waals surface area contributed by atoms with Gasteiger partial charge in [0.1, 0.15) is 11.5 Å². The number of rotatable bonds is 2. The third-order valence-electron chi connectivity index (χ3n) is 4.56. The normalized spacial score (nSPS) is 18.5. The monoisotopic (exact) mass is 317 g/mol. The second-order valence-electron chi connectivity index (χ2n) is 6.12. The lowest BCUT2D eigenvalue weighted by atomic mass is 10.0. The molecule has 0 aliphatic carbocycles. The number of aromatic nitrogens is 2. The first-order chi connectivity index (χ1) is 10.9. The Morgan fingerprint density at radius 3 is 2.61 bits per heavy atom. The highest BCUT2D eigenvalue weighted by molar-refractivity contribution is 5.95. The van der Waals surface area contributed by atoms with E-state index in [-0.39, 0.29) is 11.9 Å². The van der Waals surface area contributed by atoms with E-state index in [1.54, 1.807) is 0 Å². The molecule has 0 unspecified atom stereocenters. The number of carbonyl (C=O) groups excluding carboxylic acids is 1. The van der Waals surface area contributed by atoms with Crippen LogP contribution in [0.5, 0.6) is 0 Å². The predicted octanol–water partition coefficient (Wildman–Crippen LogP) is 2.46. The van der Waals surface area contributed by atoms with Gasteiger partial charge in [-0.05, 0) is 33.8 Å². The minimum Gasteiger partial charge on any atom is -0.466 e. The zero-order chi connectivity index (χ0) is 16.7. The van der Waals surface area contributed by atoms with Crippen LogP contribution in [0, 0.1) is 27.7 Å². The Labute approximate surface area is 136 Å². The quantitative estimate of drug-likeness (QED) is 0.853. The van der Waals surface area contributed by atoms with Gasteiger partial charge in [0, 0.05) is 24.8 Å². The fourth-order valence-corrected chi connectivity index (χ4v) is 3.36. The smallest absolute Gasteiger partial charge is 0.258 e. The Kier molecular flexibility index (Phi) is 4.02. The molecule has 0 N–H and O–H groups in total. The number of furan rings is 1. The highest BCUT2D eigenvalue weighted by atomic mass is 16.5. The second kappa shape index (κ2) is 5.85. The maximum absolute atomic E-state index is 13.0. The minimum absolute atomic E-state index is 0.00435. The average Bonchev–Trinajstić information content (AvgIpc) is 2.97. The fourth-order valence-electron chi connectivity index (χ4n) is 3.36. The summed E-state index contributed by atoms with van der Waals surface area (Å²) in [7, 11) is 1.92. The molecule has 1 aliphatic rings. The number of hydrogen-bond donors (Lipinski definition) is 0. The number of hydrogen-bond acceptors (Lipinski definition) is 4. The largest absolute Gasteiger partial charge is 0.466 e. The molecule has 0 radical (unpaired) electrons. The summed E-state index contributed by atoms with van der Waals surface area (Å²) in [5, 5.41) is 4.48. The Morgan fingerprint density at radius 1 is 1.30 bits per heavy atom. The summed E-state index contributed by atoms with van der Waals surface area (Å²) < 4.78 is 13.0. The first-order valence-corrected chi connectivity index (χ1v) is 7.86. The van der Waals surface area contributed by atoms with Gasteiger partial charge in [-0.1, -0.05) is 0 Å². The van der Waals surface area contributed by atoms with Crippen LogP contribution in [0.25, 0.3) is 0 Å². The molecule has 3 heterocycles. The van der Waals surface area contributed by atoms with Crippen molar-refractivity contribution >= 4 is 5.91 Å². The predicted molar refractivity (Wildman–Crippen MR) is 85.5 cm³/mol. The van der Waals surface area contributed by atoms with E-state index < -0.39 is 0 Å². The Morgan fingerprint density at radius 2 is 2.04 bits per heavy atom. The lowest BCUT2D eigenvalue weighted by molar-refractivity contribution is -0.00313. The van der Waals surface area contributed by atoms with Gasteiger partial charge in [0.05, 0.1) is 30.5 Å². The molecule has 2 aromatic heterocycles. The van der Waals surface area contributed by atoms with Crippen molar-refractivity contribution in [2.75, 3.05) is 19.8 Å². The third-order valence-corrected chi connectivity index (χ3v) is 4.56. The molecular formula is C17H23N3O3. The van der Waals surface area contributed by atoms with Crippen molar-refractivity contribution in [1.82, 2.24) is 14.7 Å². The molecule has 1 aliphatic heterocycles. The summed E-state index contributed by atoms with van der Waals surface area (Å²) in [4.78, 5) is 14.9. The highest BCUT2D eigenvalue weighted by Crippen LogP contribution is 2.31. The molecule has 23 heavy (non-hydrogen) atoms. The molecule has 0 aromatic carbocycles. The lowest BCUT2D eigenvalue weighted by Gasteiger charge is -2.36. The number of aryl methyl sites for hydroxylation is 4. The summed E-state index contributed by atoms with van der Waals surface area (Å²) >= 11 is 0. The fraction of sp³-hybridized carbons (Fsp3) is 0.529. The van der Waals surface area contributed by atoms with Gasteiger partial charge in [-0.3, -0.25) is 9.48 Å². The van der Waals surface area contributed by atoms with Crippen LogP contribution < -0.4 is 0 Å². The number of morpholine rings is 1. The summed E-state index contributed by atoms with van der Waals surface area (Å²) in [5.41, 5.74) is 3.72. The van der Waals surface area contributed by atoms with E-state index in [4.69, 9.17) is 9.15 Å². The van der Waals surface area contributed by atoms with Crippen molar-refractivity contribution in [2.24, 2.45) is 7.05 Å². The van der Waals surface area contributed by atoms with Crippen molar-refractivity contribution in [3.05, 3.63) is 40.1 Å². The van der Waals surface area contributed by atoms with Crippen LogP contribution in [0.15, 0.2) is 10.5 Å². The van der Waals surface area contributed by atoms with Crippen molar-refractivity contribution in [2.45, 2.75) is 33.7 Å². The second-order valence-corrected chi connectivity index (χ2v) is 6.12. The third kappa shape index (κ3) is 2.67. The van der Waals surface area contributed by atoms with E-state index in [9.17, 15) is 4.79 Å². The van der Waals surface area contributed by atoms with Gasteiger partial charge < -0.3 is 14.1 Å². The van der Waals surface area contributed by atoms with Crippen LogP contribution in [0.1, 0.15) is 44.9 Å². The number of nitrogens with zero attached hydrogens (tertiary/aromatic N) is 3. The zero-order valence-electron chi connectivity index (χ0n) is 14.3. The molecule has 1 amide bonds. The number of amides is 1. The molecule has 124 valence electrons. The molecule has 6 heteroatoms.